The lowest BCUT2D eigenvalue weighted by atomic mass is 9.95. The molecular weight excluding hydrogens is 455 g/mol. The second-order valence-electron chi connectivity index (χ2n) is 8.57. The van der Waals surface area contributed by atoms with Gasteiger partial charge in [0.15, 0.2) is 5.82 Å². The molecule has 1 aliphatic heterocycles. The molecule has 0 atom stereocenters. The summed E-state index contributed by atoms with van der Waals surface area (Å²) in [5, 5.41) is 18.2. The van der Waals surface area contributed by atoms with Crippen LogP contribution in [0.25, 0.3) is 16.6 Å². The van der Waals surface area contributed by atoms with Crippen LogP contribution in [-0.2, 0) is 4.79 Å². The summed E-state index contributed by atoms with van der Waals surface area (Å²) in [7, 11) is 0. The van der Waals surface area contributed by atoms with Crippen LogP contribution in [0.4, 0.5) is 15.9 Å². The number of carbonyl (C=O) groups is 1. The number of aromatic nitrogens is 4. The van der Waals surface area contributed by atoms with Crippen molar-refractivity contribution in [3.05, 3.63) is 70.8 Å². The van der Waals surface area contributed by atoms with E-state index in [2.05, 4.69) is 20.4 Å². The van der Waals surface area contributed by atoms with Gasteiger partial charge in [0.2, 0.25) is 5.91 Å². The molecule has 7 nitrogen and oxygen atoms in total. The van der Waals surface area contributed by atoms with Crippen LogP contribution in [-0.4, -0.2) is 39.0 Å². The van der Waals surface area contributed by atoms with Crippen LogP contribution in [0.3, 0.4) is 0 Å². The van der Waals surface area contributed by atoms with Crippen molar-refractivity contribution in [1.82, 2.24) is 20.0 Å². The first-order chi connectivity index (χ1) is 16.4. The number of carbonyl (C=O) groups excluding carboxylic acids is 1. The average molecular weight is 479 g/mol. The van der Waals surface area contributed by atoms with Crippen LogP contribution in [0.5, 0.6) is 0 Å². The monoisotopic (exact) mass is 478 g/mol. The highest BCUT2D eigenvalue weighted by Gasteiger charge is 2.28. The van der Waals surface area contributed by atoms with Crippen LogP contribution >= 0.6 is 11.6 Å². The van der Waals surface area contributed by atoms with E-state index in [0.717, 1.165) is 33.8 Å². The highest BCUT2D eigenvalue weighted by molar-refractivity contribution is 6.30. The van der Waals surface area contributed by atoms with Gasteiger partial charge in [-0.25, -0.2) is 9.07 Å². The number of amides is 1. The number of halogens is 2. The molecular formula is C25H24ClFN6O. The second kappa shape index (κ2) is 9.02. The number of nitrogens with one attached hydrogen (secondary N) is 1. The third-order valence-electron chi connectivity index (χ3n) is 6.31. The molecule has 1 aliphatic rings. The Labute approximate surface area is 201 Å². The number of benzene rings is 2. The number of piperidine rings is 1. The molecule has 9 heteroatoms. The first-order valence-corrected chi connectivity index (χ1v) is 11.6. The van der Waals surface area contributed by atoms with Gasteiger partial charge in [-0.2, -0.15) is 10.2 Å². The van der Waals surface area contributed by atoms with Gasteiger partial charge >= 0.3 is 0 Å². The summed E-state index contributed by atoms with van der Waals surface area (Å²) < 4.78 is 15.3. The lowest BCUT2D eigenvalue weighted by Gasteiger charge is -2.32. The van der Waals surface area contributed by atoms with Gasteiger partial charge in [-0.1, -0.05) is 17.7 Å². The van der Waals surface area contributed by atoms with Crippen molar-refractivity contribution in [2.45, 2.75) is 26.7 Å². The molecule has 0 saturated carbocycles. The van der Waals surface area contributed by atoms with Crippen molar-refractivity contribution in [2.24, 2.45) is 5.92 Å². The zero-order valence-corrected chi connectivity index (χ0v) is 19.7. The number of fused-ring (bicyclic) bond motifs is 1. The fourth-order valence-electron chi connectivity index (χ4n) is 4.52. The van der Waals surface area contributed by atoms with E-state index in [1.54, 1.807) is 12.1 Å². The van der Waals surface area contributed by atoms with E-state index in [0.29, 0.717) is 36.6 Å². The maximum Gasteiger partial charge on any atom is 0.227 e. The summed E-state index contributed by atoms with van der Waals surface area (Å²) in [5.74, 6) is 0.110. The van der Waals surface area contributed by atoms with Gasteiger partial charge in [0.1, 0.15) is 11.3 Å². The highest BCUT2D eigenvalue weighted by Crippen LogP contribution is 2.32. The lowest BCUT2D eigenvalue weighted by molar-refractivity contribution is -0.120. The summed E-state index contributed by atoms with van der Waals surface area (Å²) in [6.45, 7) is 5.26. The average Bonchev–Trinajstić information content (AvgIpc) is 3.18. The SMILES string of the molecule is Cc1nnc(N2CCC(C(=O)Nc3cccc(F)c3)CC2)c2nn(-c3ccc(Cl)cc3)c(C)c12. The number of hydrogen-bond acceptors (Lipinski definition) is 5. The standard InChI is InChI=1S/C25H24ClFN6O/c1-15-22-16(2)33(21-8-6-18(26)7-9-21)31-23(22)24(30-29-15)32-12-10-17(11-13-32)25(34)28-20-5-3-4-19(27)14-20/h3-9,14,17H,10-13H2,1-2H3,(H,28,34). The normalized spacial score (nSPS) is 14.5. The first kappa shape index (κ1) is 22.3. The Bertz CT molecular complexity index is 1360. The molecule has 1 amide bonds. The van der Waals surface area contributed by atoms with Crippen LogP contribution in [0.15, 0.2) is 48.5 Å². The Morgan fingerprint density at radius 1 is 1.09 bits per heavy atom. The summed E-state index contributed by atoms with van der Waals surface area (Å²) >= 11 is 6.05. The number of rotatable bonds is 4. The molecule has 34 heavy (non-hydrogen) atoms. The minimum absolute atomic E-state index is 0.0896. The minimum atomic E-state index is -0.372. The molecule has 4 aromatic rings. The van der Waals surface area contributed by atoms with Crippen LogP contribution < -0.4 is 10.2 Å². The van der Waals surface area contributed by atoms with E-state index < -0.39 is 0 Å². The van der Waals surface area contributed by atoms with Crippen molar-refractivity contribution in [2.75, 3.05) is 23.3 Å². The van der Waals surface area contributed by atoms with Crippen LogP contribution in [0, 0.1) is 25.6 Å². The van der Waals surface area contributed by atoms with Crippen molar-refractivity contribution in [3.63, 3.8) is 0 Å². The molecule has 0 spiro atoms. The zero-order valence-electron chi connectivity index (χ0n) is 18.9. The van der Waals surface area contributed by atoms with E-state index in [-0.39, 0.29) is 17.6 Å². The first-order valence-electron chi connectivity index (χ1n) is 11.2. The molecule has 1 fully saturated rings. The smallest absolute Gasteiger partial charge is 0.227 e. The Hall–Kier alpha value is -3.52. The molecule has 0 unspecified atom stereocenters. The third-order valence-corrected chi connectivity index (χ3v) is 6.57. The number of aryl methyl sites for hydroxylation is 2. The zero-order chi connectivity index (χ0) is 23.8. The van der Waals surface area contributed by atoms with Gasteiger partial charge in [0.05, 0.1) is 22.5 Å². The summed E-state index contributed by atoms with van der Waals surface area (Å²) in [4.78, 5) is 14.8. The van der Waals surface area contributed by atoms with E-state index in [1.807, 2.05) is 42.8 Å². The van der Waals surface area contributed by atoms with Gasteiger partial charge in [-0.3, -0.25) is 4.79 Å². The van der Waals surface area contributed by atoms with Crippen LogP contribution in [0.2, 0.25) is 5.02 Å². The van der Waals surface area contributed by atoms with Crippen molar-refractivity contribution in [3.8, 4) is 5.69 Å². The maximum absolute atomic E-state index is 13.4. The second-order valence-corrected chi connectivity index (χ2v) is 9.00. The number of anilines is 2. The van der Waals surface area contributed by atoms with Crippen molar-refractivity contribution >= 4 is 39.9 Å². The van der Waals surface area contributed by atoms with Gasteiger partial charge in [0, 0.05) is 29.7 Å². The predicted molar refractivity (Wildman–Crippen MR) is 131 cm³/mol. The Morgan fingerprint density at radius 2 is 1.82 bits per heavy atom. The van der Waals surface area contributed by atoms with Gasteiger partial charge in [-0.15, -0.1) is 5.10 Å². The molecule has 0 bridgehead atoms. The maximum atomic E-state index is 13.4. The van der Waals surface area contributed by atoms with Crippen LogP contribution in [0.1, 0.15) is 24.2 Å². The summed E-state index contributed by atoms with van der Waals surface area (Å²) in [6, 6.07) is 13.5. The predicted octanol–water partition coefficient (Wildman–Crippen LogP) is 5.08. The van der Waals surface area contributed by atoms with Crippen molar-refractivity contribution in [1.29, 1.82) is 0 Å². The Balaban J connectivity index is 1.37. The molecule has 1 N–H and O–H groups in total. The fraction of sp³-hybridized carbons (Fsp3) is 0.280. The quantitative estimate of drug-likeness (QED) is 0.442. The van der Waals surface area contributed by atoms with Gasteiger partial charge in [0.25, 0.3) is 0 Å². The Kier molecular flexibility index (Phi) is 5.91. The van der Waals surface area contributed by atoms with E-state index in [4.69, 9.17) is 16.7 Å². The molecule has 2 aromatic carbocycles. The van der Waals surface area contributed by atoms with Gasteiger partial charge < -0.3 is 10.2 Å². The molecule has 3 heterocycles. The largest absolute Gasteiger partial charge is 0.353 e. The lowest BCUT2D eigenvalue weighted by Crippen LogP contribution is -2.38. The molecule has 5 rings (SSSR count). The van der Waals surface area contributed by atoms with Crippen molar-refractivity contribution < 1.29 is 9.18 Å². The minimum Gasteiger partial charge on any atom is -0.353 e. The fourth-order valence-corrected chi connectivity index (χ4v) is 4.65. The Morgan fingerprint density at radius 3 is 2.53 bits per heavy atom. The summed E-state index contributed by atoms with van der Waals surface area (Å²) in [6.07, 6.45) is 1.32. The number of hydrogen-bond donors (Lipinski definition) is 1. The molecule has 2 aromatic heterocycles. The molecule has 1 saturated heterocycles. The molecule has 0 radical (unpaired) electrons. The molecule has 174 valence electrons. The third kappa shape index (κ3) is 4.21. The van der Waals surface area contributed by atoms with E-state index in [9.17, 15) is 9.18 Å². The summed E-state index contributed by atoms with van der Waals surface area (Å²) in [5.41, 5.74) is 3.98. The molecule has 0 aliphatic carbocycles. The topological polar surface area (TPSA) is 75.9 Å². The van der Waals surface area contributed by atoms with E-state index in [1.165, 1.54) is 12.1 Å². The van der Waals surface area contributed by atoms with E-state index >= 15 is 0 Å². The van der Waals surface area contributed by atoms with Gasteiger partial charge in [-0.05, 0) is 69.2 Å². The number of nitrogens with zero attached hydrogens (tertiary/aromatic N) is 5. The highest BCUT2D eigenvalue weighted by atomic mass is 35.5.